The summed E-state index contributed by atoms with van der Waals surface area (Å²) in [5.41, 5.74) is -0.198. The highest BCUT2D eigenvalue weighted by atomic mass is 16.4. The van der Waals surface area contributed by atoms with Crippen LogP contribution in [0.4, 0.5) is 0 Å². The first-order valence-electron chi connectivity index (χ1n) is 4.52. The van der Waals surface area contributed by atoms with E-state index in [1.807, 2.05) is 0 Å². The Labute approximate surface area is 90.3 Å². The van der Waals surface area contributed by atoms with Crippen LogP contribution >= 0.6 is 0 Å². The molecule has 3 N–H and O–H groups in total. The molecule has 0 radical (unpaired) electrons. The molecule has 0 saturated heterocycles. The lowest BCUT2D eigenvalue weighted by atomic mass is 9.87. The minimum atomic E-state index is -1.79. The molecule has 0 heterocycles. The van der Waals surface area contributed by atoms with Crippen LogP contribution in [0.3, 0.4) is 0 Å². The average Bonchev–Trinajstić information content (AvgIpc) is 2.26. The fraction of sp³-hybridized carbons (Fsp3) is 0.0909. The summed E-state index contributed by atoms with van der Waals surface area (Å²) in [6, 6.07) is 5.94. The normalized spacial score (nSPS) is 19.6. The van der Waals surface area contributed by atoms with Crippen molar-refractivity contribution in [2.75, 3.05) is 0 Å². The topological polar surface area (TPSA) is 94.8 Å². The number of aliphatic hydroxyl groups excluding tert-OH is 2. The van der Waals surface area contributed by atoms with Crippen LogP contribution in [-0.2, 0) is 4.79 Å². The number of carboxylic acid groups (broad SMARTS) is 1. The predicted molar refractivity (Wildman–Crippen MR) is 54.0 cm³/mol. The van der Waals surface area contributed by atoms with Gasteiger partial charge in [0.15, 0.2) is 11.9 Å². The molecule has 0 amide bonds. The van der Waals surface area contributed by atoms with Crippen molar-refractivity contribution in [3.8, 4) is 0 Å². The summed E-state index contributed by atoms with van der Waals surface area (Å²) in [7, 11) is 0. The summed E-state index contributed by atoms with van der Waals surface area (Å²) in [6.45, 7) is 0. The van der Waals surface area contributed by atoms with Crippen LogP contribution in [0.5, 0.6) is 0 Å². The molecule has 2 rings (SSSR count). The zero-order valence-electron chi connectivity index (χ0n) is 8.04. The number of carbonyl (C=O) groups excluding carboxylic acids is 1. The summed E-state index contributed by atoms with van der Waals surface area (Å²) >= 11 is 0. The molecule has 1 aromatic carbocycles. The summed E-state index contributed by atoms with van der Waals surface area (Å²) < 4.78 is 0. The van der Waals surface area contributed by atoms with E-state index in [-0.39, 0.29) is 11.1 Å². The SMILES string of the molecule is O=C(O)C1=C(O)C(O)C(=O)c2ccccc21. The van der Waals surface area contributed by atoms with Gasteiger partial charge in [-0.15, -0.1) is 0 Å². The van der Waals surface area contributed by atoms with Gasteiger partial charge in [0.25, 0.3) is 0 Å². The fourth-order valence-electron chi connectivity index (χ4n) is 1.69. The lowest BCUT2D eigenvalue weighted by Gasteiger charge is -2.20. The number of ketones is 1. The Balaban J connectivity index is 2.76. The Morgan fingerprint density at radius 3 is 2.31 bits per heavy atom. The Bertz CT molecular complexity index is 515. The second-order valence-corrected chi connectivity index (χ2v) is 3.38. The molecule has 1 aliphatic carbocycles. The van der Waals surface area contributed by atoms with Gasteiger partial charge in [0.05, 0.1) is 0 Å². The first-order chi connectivity index (χ1) is 7.54. The van der Waals surface area contributed by atoms with Gasteiger partial charge in [0.2, 0.25) is 0 Å². The van der Waals surface area contributed by atoms with Gasteiger partial charge < -0.3 is 15.3 Å². The second-order valence-electron chi connectivity index (χ2n) is 3.38. The third kappa shape index (κ3) is 1.30. The standard InChI is InChI=1S/C11H8O5/c12-8-6-4-2-1-3-5(6)7(11(15)16)9(13)10(8)14/h1-4,10,13-14H,(H,15,16). The maximum Gasteiger partial charge on any atom is 0.339 e. The van der Waals surface area contributed by atoms with Gasteiger partial charge in [-0.25, -0.2) is 4.79 Å². The first-order valence-corrected chi connectivity index (χ1v) is 4.52. The Hall–Kier alpha value is -2.14. The molecule has 5 heteroatoms. The third-order valence-electron chi connectivity index (χ3n) is 2.44. The molecule has 1 unspecified atom stereocenters. The number of aliphatic carboxylic acids is 1. The van der Waals surface area contributed by atoms with E-state index in [1.54, 1.807) is 12.1 Å². The van der Waals surface area contributed by atoms with Crippen molar-refractivity contribution < 1.29 is 24.9 Å². The van der Waals surface area contributed by atoms with Gasteiger partial charge in [0, 0.05) is 11.1 Å². The minimum Gasteiger partial charge on any atom is -0.508 e. The Morgan fingerprint density at radius 1 is 1.19 bits per heavy atom. The van der Waals surface area contributed by atoms with Crippen molar-refractivity contribution in [2.24, 2.45) is 0 Å². The molecule has 5 nitrogen and oxygen atoms in total. The zero-order chi connectivity index (χ0) is 11.9. The number of carbonyl (C=O) groups is 2. The second kappa shape index (κ2) is 3.46. The Morgan fingerprint density at radius 2 is 1.75 bits per heavy atom. The fourth-order valence-corrected chi connectivity index (χ4v) is 1.69. The summed E-state index contributed by atoms with van der Waals surface area (Å²) in [5.74, 6) is -2.88. The first kappa shape index (κ1) is 10.4. The van der Waals surface area contributed by atoms with Crippen LogP contribution in [0.15, 0.2) is 30.0 Å². The van der Waals surface area contributed by atoms with E-state index in [2.05, 4.69) is 0 Å². The van der Waals surface area contributed by atoms with Crippen LogP contribution < -0.4 is 0 Å². The van der Waals surface area contributed by atoms with Crippen molar-refractivity contribution in [2.45, 2.75) is 6.10 Å². The van der Waals surface area contributed by atoms with Crippen LogP contribution in [0.1, 0.15) is 15.9 Å². The van der Waals surface area contributed by atoms with Gasteiger partial charge in [-0.3, -0.25) is 4.79 Å². The van der Waals surface area contributed by atoms with E-state index >= 15 is 0 Å². The van der Waals surface area contributed by atoms with Crippen LogP contribution in [0, 0.1) is 0 Å². The molecule has 16 heavy (non-hydrogen) atoms. The smallest absolute Gasteiger partial charge is 0.339 e. The van der Waals surface area contributed by atoms with Crippen LogP contribution in [0.25, 0.3) is 5.57 Å². The highest BCUT2D eigenvalue weighted by Crippen LogP contribution is 2.30. The van der Waals surface area contributed by atoms with Gasteiger partial charge in [-0.2, -0.15) is 0 Å². The van der Waals surface area contributed by atoms with Crippen molar-refractivity contribution in [3.63, 3.8) is 0 Å². The predicted octanol–water partition coefficient (Wildman–Crippen LogP) is 0.598. The third-order valence-corrected chi connectivity index (χ3v) is 2.44. The van der Waals surface area contributed by atoms with Crippen molar-refractivity contribution in [1.29, 1.82) is 0 Å². The summed E-state index contributed by atoms with van der Waals surface area (Å²) in [6.07, 6.45) is -1.79. The van der Waals surface area contributed by atoms with Crippen molar-refractivity contribution in [1.82, 2.24) is 0 Å². The van der Waals surface area contributed by atoms with E-state index in [4.69, 9.17) is 5.11 Å². The number of Topliss-reactive ketones (excluding diaryl/α,β-unsaturated/α-hetero) is 1. The molecule has 0 aliphatic heterocycles. The van der Waals surface area contributed by atoms with Gasteiger partial charge in [-0.05, 0) is 0 Å². The highest BCUT2D eigenvalue weighted by Gasteiger charge is 2.35. The monoisotopic (exact) mass is 220 g/mol. The van der Waals surface area contributed by atoms with Crippen molar-refractivity contribution >= 4 is 17.3 Å². The lowest BCUT2D eigenvalue weighted by molar-refractivity contribution is -0.130. The summed E-state index contributed by atoms with van der Waals surface area (Å²) in [4.78, 5) is 22.5. The van der Waals surface area contributed by atoms with E-state index < -0.39 is 29.2 Å². The zero-order valence-corrected chi connectivity index (χ0v) is 8.04. The van der Waals surface area contributed by atoms with E-state index in [0.29, 0.717) is 0 Å². The van der Waals surface area contributed by atoms with Gasteiger partial charge >= 0.3 is 5.97 Å². The number of hydrogen-bond acceptors (Lipinski definition) is 4. The van der Waals surface area contributed by atoms with E-state index in [9.17, 15) is 19.8 Å². The van der Waals surface area contributed by atoms with E-state index in [1.165, 1.54) is 12.1 Å². The molecule has 1 atom stereocenters. The molecular weight excluding hydrogens is 212 g/mol. The maximum absolute atomic E-state index is 11.6. The lowest BCUT2D eigenvalue weighted by Crippen LogP contribution is -2.30. The number of aliphatic hydroxyl groups is 2. The molecule has 0 saturated carbocycles. The van der Waals surface area contributed by atoms with Crippen LogP contribution in [0.2, 0.25) is 0 Å². The number of fused-ring (bicyclic) bond motifs is 1. The maximum atomic E-state index is 11.6. The summed E-state index contributed by atoms with van der Waals surface area (Å²) in [5, 5.41) is 27.8. The number of hydrogen-bond donors (Lipinski definition) is 3. The van der Waals surface area contributed by atoms with E-state index in [0.717, 1.165) is 0 Å². The number of carboxylic acids is 1. The Kier molecular flexibility index (Phi) is 2.25. The molecule has 0 spiro atoms. The molecule has 0 bridgehead atoms. The minimum absolute atomic E-state index is 0.102. The molecule has 0 fully saturated rings. The molecular formula is C11H8O5. The van der Waals surface area contributed by atoms with Gasteiger partial charge in [0.1, 0.15) is 11.3 Å². The molecule has 1 aromatic rings. The van der Waals surface area contributed by atoms with Crippen LogP contribution in [-0.4, -0.2) is 33.2 Å². The van der Waals surface area contributed by atoms with Crippen molar-refractivity contribution in [3.05, 3.63) is 41.2 Å². The highest BCUT2D eigenvalue weighted by molar-refractivity contribution is 6.23. The number of benzene rings is 1. The van der Waals surface area contributed by atoms with Gasteiger partial charge in [-0.1, -0.05) is 24.3 Å². The molecule has 1 aliphatic rings. The number of rotatable bonds is 1. The molecule has 0 aromatic heterocycles. The largest absolute Gasteiger partial charge is 0.508 e. The molecule has 82 valence electrons. The average molecular weight is 220 g/mol. The quantitative estimate of drug-likeness (QED) is 0.644.